The maximum absolute atomic E-state index is 13.4. The first-order valence-corrected chi connectivity index (χ1v) is 13.4. The lowest BCUT2D eigenvalue weighted by Gasteiger charge is -2.26. The average Bonchev–Trinajstić information content (AvgIpc) is 3.46. The van der Waals surface area contributed by atoms with Gasteiger partial charge in [-0.2, -0.15) is 8.42 Å². The summed E-state index contributed by atoms with van der Waals surface area (Å²) in [5.74, 6) is -0.323. The van der Waals surface area contributed by atoms with Gasteiger partial charge in [-0.1, -0.05) is 44.2 Å². The summed E-state index contributed by atoms with van der Waals surface area (Å²) in [6.07, 6.45) is 4.21. The molecule has 1 aliphatic carbocycles. The number of fused-ring (bicyclic) bond motifs is 1. The first-order chi connectivity index (χ1) is 17.1. The topological polar surface area (TPSA) is 97.0 Å². The van der Waals surface area contributed by atoms with Crippen molar-refractivity contribution in [2.24, 2.45) is 5.92 Å². The van der Waals surface area contributed by atoms with Gasteiger partial charge in [-0.05, 0) is 78.3 Å². The third-order valence-electron chi connectivity index (χ3n) is 6.08. The molecule has 0 spiro atoms. The Balaban J connectivity index is 1.54. The zero-order valence-electron chi connectivity index (χ0n) is 20.7. The second-order valence-electron chi connectivity index (χ2n) is 9.43. The van der Waals surface area contributed by atoms with Crippen LogP contribution in [-0.2, 0) is 32.6 Å². The number of aliphatic carboxylic acids is 1. The van der Waals surface area contributed by atoms with E-state index in [-0.39, 0.29) is 17.1 Å². The molecule has 1 aliphatic rings. The summed E-state index contributed by atoms with van der Waals surface area (Å²) in [6, 6.07) is 16.5. The fraction of sp³-hybridized carbons (Fsp3) is 0.321. The van der Waals surface area contributed by atoms with Gasteiger partial charge in [0.1, 0.15) is 5.76 Å². The quantitative estimate of drug-likeness (QED) is 0.350. The van der Waals surface area contributed by atoms with Crippen LogP contribution in [0.4, 0.5) is 5.69 Å². The number of carboxylic acids is 1. The van der Waals surface area contributed by atoms with Crippen molar-refractivity contribution in [1.82, 2.24) is 0 Å². The molecule has 4 rings (SSSR count). The van der Waals surface area contributed by atoms with E-state index in [1.807, 2.05) is 56.3 Å². The zero-order chi connectivity index (χ0) is 25.9. The predicted molar refractivity (Wildman–Crippen MR) is 138 cm³/mol. The van der Waals surface area contributed by atoms with Crippen molar-refractivity contribution >= 4 is 27.8 Å². The molecule has 190 valence electrons. The highest BCUT2D eigenvalue weighted by molar-refractivity contribution is 7.92. The molecule has 0 radical (unpaired) electrons. The van der Waals surface area contributed by atoms with Crippen molar-refractivity contribution in [3.63, 3.8) is 0 Å². The van der Waals surface area contributed by atoms with Crippen LogP contribution in [0.25, 0.3) is 6.08 Å². The third kappa shape index (κ3) is 5.88. The number of rotatable bonds is 10. The number of hydrogen-bond acceptors (Lipinski definition) is 5. The summed E-state index contributed by atoms with van der Waals surface area (Å²) < 4.78 is 40.0. The molecule has 0 amide bonds. The molecule has 1 atom stereocenters. The van der Waals surface area contributed by atoms with E-state index in [0.717, 1.165) is 41.2 Å². The van der Waals surface area contributed by atoms with Gasteiger partial charge in [0.2, 0.25) is 5.09 Å². The van der Waals surface area contributed by atoms with Crippen LogP contribution in [0.1, 0.15) is 54.4 Å². The molecule has 7 nitrogen and oxygen atoms in total. The summed E-state index contributed by atoms with van der Waals surface area (Å²) >= 11 is 0. The van der Waals surface area contributed by atoms with E-state index < -0.39 is 16.0 Å². The molecule has 3 aromatic rings. The third-order valence-corrected chi connectivity index (χ3v) is 7.75. The highest BCUT2D eigenvalue weighted by Crippen LogP contribution is 2.38. The van der Waals surface area contributed by atoms with Crippen LogP contribution in [0.15, 0.2) is 70.2 Å². The van der Waals surface area contributed by atoms with E-state index in [1.165, 1.54) is 10.4 Å². The van der Waals surface area contributed by atoms with E-state index in [1.54, 1.807) is 19.1 Å². The van der Waals surface area contributed by atoms with Crippen LogP contribution >= 0.6 is 0 Å². The van der Waals surface area contributed by atoms with Crippen molar-refractivity contribution in [3.8, 4) is 0 Å². The van der Waals surface area contributed by atoms with Gasteiger partial charge in [0.15, 0.2) is 0 Å². The first kappa shape index (κ1) is 25.7. The molecule has 0 aliphatic heterocycles. The SMILES string of the molecule is Cc1ccc(S(=O)(=O)N(CC(C)C)c2ccc3c(c2)C(OCc2ccc(C=CC(=O)O)cc2)CC3)o1. The summed E-state index contributed by atoms with van der Waals surface area (Å²) in [5.41, 5.74) is 4.54. The normalized spacial score (nSPS) is 15.5. The van der Waals surface area contributed by atoms with E-state index in [4.69, 9.17) is 14.3 Å². The molecule has 36 heavy (non-hydrogen) atoms. The van der Waals surface area contributed by atoms with Gasteiger partial charge >= 0.3 is 5.97 Å². The summed E-state index contributed by atoms with van der Waals surface area (Å²) in [7, 11) is -3.85. The molecule has 0 saturated carbocycles. The number of ether oxygens (including phenoxy) is 1. The number of carbonyl (C=O) groups is 1. The Kier molecular flexibility index (Phi) is 7.66. The first-order valence-electron chi connectivity index (χ1n) is 12.0. The van der Waals surface area contributed by atoms with Gasteiger partial charge in [0, 0.05) is 12.6 Å². The number of nitrogens with zero attached hydrogens (tertiary/aromatic N) is 1. The van der Waals surface area contributed by atoms with E-state index in [2.05, 4.69) is 0 Å². The van der Waals surface area contributed by atoms with Crippen LogP contribution < -0.4 is 4.31 Å². The lowest BCUT2D eigenvalue weighted by molar-refractivity contribution is -0.131. The second-order valence-corrected chi connectivity index (χ2v) is 11.2. The second kappa shape index (κ2) is 10.7. The standard InChI is InChI=1S/C28H31NO6S/c1-19(2)17-29(36(32,33)28-15-4-20(3)35-28)24-12-10-23-11-13-26(25(23)16-24)34-18-22-7-5-21(6-8-22)9-14-27(30)31/h4-10,12,14-16,19,26H,11,13,17-18H2,1-3H3,(H,30,31). The Labute approximate surface area is 212 Å². The van der Waals surface area contributed by atoms with Gasteiger partial charge in [0.25, 0.3) is 10.0 Å². The Bertz CT molecular complexity index is 1350. The number of furan rings is 1. The fourth-order valence-electron chi connectivity index (χ4n) is 4.30. The van der Waals surface area contributed by atoms with Crippen LogP contribution in [-0.4, -0.2) is 26.0 Å². The molecular formula is C28H31NO6S. The predicted octanol–water partition coefficient (Wildman–Crippen LogP) is 5.74. The fourth-order valence-corrected chi connectivity index (χ4v) is 5.88. The summed E-state index contributed by atoms with van der Waals surface area (Å²) in [4.78, 5) is 10.7. The van der Waals surface area contributed by atoms with Crippen LogP contribution in [0.3, 0.4) is 0 Å². The number of carboxylic acid groups (broad SMARTS) is 1. The van der Waals surface area contributed by atoms with Crippen LogP contribution in [0.5, 0.6) is 0 Å². The Morgan fingerprint density at radius 1 is 1.17 bits per heavy atom. The zero-order valence-corrected chi connectivity index (χ0v) is 21.5. The van der Waals surface area contributed by atoms with Gasteiger partial charge in [0.05, 0.1) is 18.4 Å². The lowest BCUT2D eigenvalue weighted by atomic mass is 10.1. The molecule has 1 aromatic heterocycles. The molecule has 8 heteroatoms. The van der Waals surface area contributed by atoms with Crippen LogP contribution in [0.2, 0.25) is 0 Å². The minimum atomic E-state index is -3.85. The molecule has 0 fully saturated rings. The van der Waals surface area contributed by atoms with Crippen molar-refractivity contribution in [2.75, 3.05) is 10.8 Å². The van der Waals surface area contributed by atoms with Crippen LogP contribution in [0, 0.1) is 12.8 Å². The maximum atomic E-state index is 13.4. The highest BCUT2D eigenvalue weighted by Gasteiger charge is 2.31. The van der Waals surface area contributed by atoms with Gasteiger partial charge in [-0.25, -0.2) is 4.79 Å². The molecule has 1 heterocycles. The minimum Gasteiger partial charge on any atom is -0.478 e. The number of sulfonamides is 1. The molecule has 0 saturated heterocycles. The van der Waals surface area contributed by atoms with Crippen molar-refractivity contribution in [1.29, 1.82) is 0 Å². The molecule has 1 N–H and O–H groups in total. The average molecular weight is 510 g/mol. The molecule has 1 unspecified atom stereocenters. The molecule has 0 bridgehead atoms. The van der Waals surface area contributed by atoms with E-state index >= 15 is 0 Å². The maximum Gasteiger partial charge on any atom is 0.328 e. The lowest BCUT2D eigenvalue weighted by Crippen LogP contribution is -2.34. The largest absolute Gasteiger partial charge is 0.478 e. The Morgan fingerprint density at radius 2 is 1.92 bits per heavy atom. The smallest absolute Gasteiger partial charge is 0.328 e. The van der Waals surface area contributed by atoms with E-state index in [9.17, 15) is 13.2 Å². The monoisotopic (exact) mass is 509 g/mol. The van der Waals surface area contributed by atoms with Gasteiger partial charge < -0.3 is 14.3 Å². The van der Waals surface area contributed by atoms with E-state index in [0.29, 0.717) is 24.6 Å². The minimum absolute atomic E-state index is 0.0596. The number of hydrogen-bond donors (Lipinski definition) is 1. The molecule has 2 aromatic carbocycles. The number of anilines is 1. The van der Waals surface area contributed by atoms with Crippen molar-refractivity contribution < 1.29 is 27.5 Å². The van der Waals surface area contributed by atoms with Gasteiger partial charge in [-0.3, -0.25) is 4.31 Å². The van der Waals surface area contributed by atoms with Crippen molar-refractivity contribution in [3.05, 3.63) is 88.7 Å². The number of aryl methyl sites for hydroxylation is 2. The van der Waals surface area contributed by atoms with Crippen molar-refractivity contribution in [2.45, 2.75) is 51.4 Å². The number of benzene rings is 2. The van der Waals surface area contributed by atoms with Gasteiger partial charge in [-0.15, -0.1) is 0 Å². The summed E-state index contributed by atoms with van der Waals surface area (Å²) in [5, 5.41) is 8.71. The highest BCUT2D eigenvalue weighted by atomic mass is 32.2. The Hall–Kier alpha value is -3.36. The Morgan fingerprint density at radius 3 is 2.56 bits per heavy atom. The molecular weight excluding hydrogens is 478 g/mol. The summed E-state index contributed by atoms with van der Waals surface area (Å²) in [6.45, 7) is 6.42.